The van der Waals surface area contributed by atoms with Gasteiger partial charge in [-0.25, -0.2) is 4.98 Å². The zero-order chi connectivity index (χ0) is 11.2. The van der Waals surface area contributed by atoms with Crippen LogP contribution in [0.15, 0.2) is 22.8 Å². The van der Waals surface area contributed by atoms with Crippen LogP contribution in [-0.2, 0) is 0 Å². The van der Waals surface area contributed by atoms with Crippen molar-refractivity contribution in [3.8, 4) is 5.88 Å². The second-order valence-corrected chi connectivity index (χ2v) is 5.08. The van der Waals surface area contributed by atoms with Crippen molar-refractivity contribution in [3.63, 3.8) is 0 Å². The van der Waals surface area contributed by atoms with Crippen molar-refractivity contribution >= 4 is 15.9 Å². The van der Waals surface area contributed by atoms with Crippen LogP contribution in [0.4, 0.5) is 0 Å². The van der Waals surface area contributed by atoms with Gasteiger partial charge in [-0.1, -0.05) is 0 Å². The van der Waals surface area contributed by atoms with Crippen LogP contribution in [0, 0.1) is 5.92 Å². The lowest BCUT2D eigenvalue weighted by Crippen LogP contribution is -2.30. The molecule has 0 bridgehead atoms. The average Bonchev–Trinajstić information content (AvgIpc) is 2.33. The van der Waals surface area contributed by atoms with Gasteiger partial charge < -0.3 is 10.1 Å². The Morgan fingerprint density at radius 3 is 3.12 bits per heavy atom. The highest BCUT2D eigenvalue weighted by Gasteiger charge is 2.12. The first-order valence-electron chi connectivity index (χ1n) is 5.79. The first kappa shape index (κ1) is 11.9. The predicted octanol–water partition coefficient (Wildman–Crippen LogP) is 2.61. The molecule has 1 unspecified atom stereocenters. The molecule has 0 aliphatic carbocycles. The van der Waals surface area contributed by atoms with Gasteiger partial charge in [0.15, 0.2) is 0 Å². The van der Waals surface area contributed by atoms with Crippen LogP contribution in [0.5, 0.6) is 5.88 Å². The Morgan fingerprint density at radius 1 is 1.50 bits per heavy atom. The molecular formula is C12H17BrN2O. The molecule has 0 radical (unpaired) electrons. The third kappa shape index (κ3) is 3.76. The van der Waals surface area contributed by atoms with E-state index >= 15 is 0 Å². The Balaban J connectivity index is 1.69. The van der Waals surface area contributed by atoms with Crippen LogP contribution >= 0.6 is 15.9 Å². The van der Waals surface area contributed by atoms with Crippen LogP contribution in [0.1, 0.15) is 19.3 Å². The van der Waals surface area contributed by atoms with Gasteiger partial charge in [-0.05, 0) is 60.3 Å². The van der Waals surface area contributed by atoms with Gasteiger partial charge >= 0.3 is 0 Å². The highest BCUT2D eigenvalue weighted by molar-refractivity contribution is 9.10. The number of aromatic nitrogens is 1. The summed E-state index contributed by atoms with van der Waals surface area (Å²) in [6.45, 7) is 3.07. The first-order chi connectivity index (χ1) is 7.84. The second-order valence-electron chi connectivity index (χ2n) is 4.16. The number of pyridine rings is 1. The number of halogens is 1. The largest absolute Gasteiger partial charge is 0.478 e. The summed E-state index contributed by atoms with van der Waals surface area (Å²) in [5, 5.41) is 3.41. The Bertz CT molecular complexity index is 309. The van der Waals surface area contributed by atoms with Gasteiger partial charge in [-0.15, -0.1) is 0 Å². The van der Waals surface area contributed by atoms with E-state index in [1.807, 2.05) is 12.1 Å². The van der Waals surface area contributed by atoms with Gasteiger partial charge in [0, 0.05) is 16.7 Å². The third-order valence-corrected chi connectivity index (χ3v) is 3.34. The summed E-state index contributed by atoms with van der Waals surface area (Å²) < 4.78 is 6.59. The lowest BCUT2D eigenvalue weighted by atomic mass is 9.97. The Morgan fingerprint density at radius 2 is 2.44 bits per heavy atom. The number of rotatable bonds is 4. The monoisotopic (exact) mass is 284 g/mol. The van der Waals surface area contributed by atoms with Crippen molar-refractivity contribution in [1.29, 1.82) is 0 Å². The molecule has 1 aliphatic heterocycles. The number of ether oxygens (including phenoxy) is 1. The van der Waals surface area contributed by atoms with E-state index in [1.54, 1.807) is 6.20 Å². The van der Waals surface area contributed by atoms with Crippen LogP contribution in [0.25, 0.3) is 0 Å². The highest BCUT2D eigenvalue weighted by atomic mass is 79.9. The molecule has 1 aromatic heterocycles. The summed E-state index contributed by atoms with van der Waals surface area (Å²) in [6, 6.07) is 3.84. The maximum absolute atomic E-state index is 5.60. The molecule has 2 heterocycles. The maximum Gasteiger partial charge on any atom is 0.213 e. The van der Waals surface area contributed by atoms with Crippen LogP contribution in [-0.4, -0.2) is 24.7 Å². The molecule has 88 valence electrons. The fourth-order valence-corrected chi connectivity index (χ4v) is 2.18. The van der Waals surface area contributed by atoms with Crippen molar-refractivity contribution in [3.05, 3.63) is 22.8 Å². The zero-order valence-corrected chi connectivity index (χ0v) is 10.9. The van der Waals surface area contributed by atoms with Crippen molar-refractivity contribution in [2.75, 3.05) is 19.7 Å². The van der Waals surface area contributed by atoms with E-state index in [2.05, 4.69) is 26.2 Å². The maximum atomic E-state index is 5.60. The Hall–Kier alpha value is -0.610. The molecule has 3 nitrogen and oxygen atoms in total. The molecule has 2 rings (SSSR count). The summed E-state index contributed by atoms with van der Waals surface area (Å²) >= 11 is 3.35. The molecular weight excluding hydrogens is 268 g/mol. The summed E-state index contributed by atoms with van der Waals surface area (Å²) in [5.74, 6) is 1.48. The van der Waals surface area contributed by atoms with Crippen molar-refractivity contribution in [1.82, 2.24) is 10.3 Å². The molecule has 1 aromatic rings. The minimum Gasteiger partial charge on any atom is -0.478 e. The van der Waals surface area contributed by atoms with E-state index in [4.69, 9.17) is 4.74 Å². The quantitative estimate of drug-likeness (QED) is 0.923. The summed E-state index contributed by atoms with van der Waals surface area (Å²) in [7, 11) is 0. The molecule has 0 spiro atoms. The van der Waals surface area contributed by atoms with Crippen LogP contribution < -0.4 is 10.1 Å². The number of hydrogen-bond donors (Lipinski definition) is 1. The molecule has 0 saturated carbocycles. The molecule has 0 aromatic carbocycles. The van der Waals surface area contributed by atoms with Gasteiger partial charge in [0.25, 0.3) is 0 Å². The van der Waals surface area contributed by atoms with Crippen LogP contribution in [0.2, 0.25) is 0 Å². The molecule has 1 saturated heterocycles. The van der Waals surface area contributed by atoms with E-state index in [0.29, 0.717) is 5.88 Å². The Kier molecular flexibility index (Phi) is 4.60. The standard InChI is InChI=1S/C12H17BrN2O/c13-11-3-4-12(15-9-11)16-7-5-10-2-1-6-14-8-10/h3-4,9-10,14H,1-2,5-8H2. The smallest absolute Gasteiger partial charge is 0.213 e. The lowest BCUT2D eigenvalue weighted by Gasteiger charge is -2.22. The SMILES string of the molecule is Brc1ccc(OCCC2CCCNC2)nc1. The van der Waals surface area contributed by atoms with Gasteiger partial charge in [-0.2, -0.15) is 0 Å². The number of nitrogens with zero attached hydrogens (tertiary/aromatic N) is 1. The molecule has 16 heavy (non-hydrogen) atoms. The van der Waals surface area contributed by atoms with Gasteiger partial charge in [0.1, 0.15) is 0 Å². The first-order valence-corrected chi connectivity index (χ1v) is 6.59. The lowest BCUT2D eigenvalue weighted by molar-refractivity contribution is 0.247. The summed E-state index contributed by atoms with van der Waals surface area (Å²) in [4.78, 5) is 4.18. The Labute approximate surface area is 105 Å². The van der Waals surface area contributed by atoms with E-state index in [9.17, 15) is 0 Å². The molecule has 1 aliphatic rings. The minimum atomic E-state index is 0.715. The number of piperidine rings is 1. The van der Waals surface area contributed by atoms with E-state index in [1.165, 1.54) is 19.4 Å². The van der Waals surface area contributed by atoms with E-state index in [0.717, 1.165) is 30.0 Å². The van der Waals surface area contributed by atoms with Crippen molar-refractivity contribution in [2.45, 2.75) is 19.3 Å². The predicted molar refractivity (Wildman–Crippen MR) is 67.6 cm³/mol. The fourth-order valence-electron chi connectivity index (χ4n) is 1.95. The van der Waals surface area contributed by atoms with Gasteiger partial charge in [0.05, 0.1) is 6.61 Å². The fraction of sp³-hybridized carbons (Fsp3) is 0.583. The van der Waals surface area contributed by atoms with Crippen LogP contribution in [0.3, 0.4) is 0 Å². The molecule has 1 fully saturated rings. The summed E-state index contributed by atoms with van der Waals surface area (Å²) in [6.07, 6.45) is 5.49. The zero-order valence-electron chi connectivity index (χ0n) is 9.29. The van der Waals surface area contributed by atoms with Gasteiger partial charge in [0.2, 0.25) is 5.88 Å². The number of nitrogens with one attached hydrogen (secondary N) is 1. The van der Waals surface area contributed by atoms with Gasteiger partial charge in [-0.3, -0.25) is 0 Å². The highest BCUT2D eigenvalue weighted by Crippen LogP contribution is 2.16. The van der Waals surface area contributed by atoms with Crippen molar-refractivity contribution < 1.29 is 4.74 Å². The molecule has 1 atom stereocenters. The summed E-state index contributed by atoms with van der Waals surface area (Å²) in [5.41, 5.74) is 0. The molecule has 0 amide bonds. The molecule has 1 N–H and O–H groups in total. The third-order valence-electron chi connectivity index (χ3n) is 2.88. The topological polar surface area (TPSA) is 34.1 Å². The molecule has 4 heteroatoms. The van der Waals surface area contributed by atoms with E-state index in [-0.39, 0.29) is 0 Å². The minimum absolute atomic E-state index is 0.715. The number of hydrogen-bond acceptors (Lipinski definition) is 3. The second kappa shape index (κ2) is 6.21. The average molecular weight is 285 g/mol. The van der Waals surface area contributed by atoms with Crippen molar-refractivity contribution in [2.24, 2.45) is 5.92 Å². The normalized spacial score (nSPS) is 20.7. The van der Waals surface area contributed by atoms with E-state index < -0.39 is 0 Å².